The van der Waals surface area contributed by atoms with Gasteiger partial charge in [-0.15, -0.1) is 0 Å². The maximum absolute atomic E-state index is 12.9. The molecule has 0 radical (unpaired) electrons. The summed E-state index contributed by atoms with van der Waals surface area (Å²) in [6, 6.07) is 10.0. The molecule has 0 bridgehead atoms. The summed E-state index contributed by atoms with van der Waals surface area (Å²) in [7, 11) is -7.48. The molecule has 3 rings (SSSR count). The molecule has 0 saturated carbocycles. The minimum atomic E-state index is -4.45. The number of anilines is 1. The maximum Gasteiger partial charge on any atom is 0.416 e. The molecule has 158 valence electrons. The normalized spacial score (nSPS) is 16.8. The van der Waals surface area contributed by atoms with Crippen molar-refractivity contribution < 1.29 is 30.0 Å². The van der Waals surface area contributed by atoms with Gasteiger partial charge in [-0.05, 0) is 36.4 Å². The van der Waals surface area contributed by atoms with Crippen LogP contribution in [0.2, 0.25) is 0 Å². The van der Waals surface area contributed by atoms with Gasteiger partial charge in [0, 0.05) is 38.1 Å². The molecule has 11 heteroatoms. The molecule has 1 aliphatic rings. The number of piperazine rings is 1. The smallest absolute Gasteiger partial charge is 0.369 e. The van der Waals surface area contributed by atoms with Gasteiger partial charge in [0.25, 0.3) is 0 Å². The van der Waals surface area contributed by atoms with Crippen molar-refractivity contribution in [3.05, 3.63) is 54.1 Å². The molecule has 0 aromatic heterocycles. The largest absolute Gasteiger partial charge is 0.416 e. The quantitative estimate of drug-likeness (QED) is 0.719. The third kappa shape index (κ3) is 4.73. The van der Waals surface area contributed by atoms with Crippen LogP contribution in [-0.4, -0.2) is 53.6 Å². The highest BCUT2D eigenvalue weighted by Crippen LogP contribution is 2.32. The van der Waals surface area contributed by atoms with Crippen molar-refractivity contribution in [2.45, 2.75) is 16.0 Å². The fourth-order valence-electron chi connectivity index (χ4n) is 3.08. The summed E-state index contributed by atoms with van der Waals surface area (Å²) in [5, 5.41) is 0. The summed E-state index contributed by atoms with van der Waals surface area (Å²) in [6.07, 6.45) is -3.46. The SMILES string of the molecule is CS(=O)(=O)c1cccc(S(=O)(=O)N2CCN(c3cccc(C(F)(F)F)c3)CC2)c1. The first-order valence-corrected chi connectivity index (χ1v) is 11.9. The molecule has 0 amide bonds. The summed E-state index contributed by atoms with van der Waals surface area (Å²) in [5.74, 6) is 0. The number of sulfonamides is 1. The molecule has 0 aliphatic carbocycles. The zero-order chi connectivity index (χ0) is 21.4. The first-order valence-electron chi connectivity index (χ1n) is 8.61. The van der Waals surface area contributed by atoms with Gasteiger partial charge in [0.1, 0.15) is 0 Å². The molecule has 29 heavy (non-hydrogen) atoms. The summed E-state index contributed by atoms with van der Waals surface area (Å²) in [6.45, 7) is 0.571. The van der Waals surface area contributed by atoms with Crippen LogP contribution >= 0.6 is 0 Å². The highest BCUT2D eigenvalue weighted by atomic mass is 32.2. The molecular formula is C18H19F3N2O4S2. The predicted molar refractivity (Wildman–Crippen MR) is 102 cm³/mol. The number of hydrogen-bond acceptors (Lipinski definition) is 5. The predicted octanol–water partition coefficient (Wildman–Crippen LogP) is 2.62. The van der Waals surface area contributed by atoms with E-state index in [0.717, 1.165) is 24.5 Å². The third-order valence-corrected chi connectivity index (χ3v) is 7.65. The molecule has 2 aromatic rings. The van der Waals surface area contributed by atoms with Gasteiger partial charge in [-0.25, -0.2) is 16.8 Å². The minimum Gasteiger partial charge on any atom is -0.369 e. The second kappa shape index (κ2) is 7.62. The van der Waals surface area contributed by atoms with Crippen molar-refractivity contribution in [2.24, 2.45) is 0 Å². The van der Waals surface area contributed by atoms with Crippen molar-refractivity contribution in [3.8, 4) is 0 Å². The molecule has 6 nitrogen and oxygen atoms in total. The van der Waals surface area contributed by atoms with E-state index in [1.54, 1.807) is 11.0 Å². The zero-order valence-corrected chi connectivity index (χ0v) is 17.1. The molecule has 1 heterocycles. The molecule has 1 saturated heterocycles. The first-order chi connectivity index (χ1) is 13.4. The van der Waals surface area contributed by atoms with Crippen LogP contribution < -0.4 is 4.90 Å². The van der Waals surface area contributed by atoms with Crippen LogP contribution in [0.3, 0.4) is 0 Å². The molecule has 1 aliphatic heterocycles. The van der Waals surface area contributed by atoms with E-state index in [-0.39, 0.29) is 36.0 Å². The second-order valence-electron chi connectivity index (χ2n) is 6.69. The number of alkyl halides is 3. The van der Waals surface area contributed by atoms with Gasteiger partial charge in [-0.2, -0.15) is 17.5 Å². The summed E-state index contributed by atoms with van der Waals surface area (Å²) >= 11 is 0. The Morgan fingerprint density at radius 2 is 1.41 bits per heavy atom. The molecule has 2 aromatic carbocycles. The van der Waals surface area contributed by atoms with Crippen LogP contribution in [0, 0.1) is 0 Å². The van der Waals surface area contributed by atoms with E-state index in [1.165, 1.54) is 28.6 Å². The van der Waals surface area contributed by atoms with Crippen LogP contribution in [0.15, 0.2) is 58.3 Å². The highest BCUT2D eigenvalue weighted by molar-refractivity contribution is 7.91. The van der Waals surface area contributed by atoms with E-state index in [9.17, 15) is 30.0 Å². The van der Waals surface area contributed by atoms with Gasteiger partial charge < -0.3 is 4.90 Å². The van der Waals surface area contributed by atoms with Crippen molar-refractivity contribution in [1.82, 2.24) is 4.31 Å². The fraction of sp³-hybridized carbons (Fsp3) is 0.333. The van der Waals surface area contributed by atoms with Crippen LogP contribution in [0.1, 0.15) is 5.56 Å². The lowest BCUT2D eigenvalue weighted by Crippen LogP contribution is -2.48. The highest BCUT2D eigenvalue weighted by Gasteiger charge is 2.32. The summed E-state index contributed by atoms with van der Waals surface area (Å²) in [4.78, 5) is 1.46. The number of hydrogen-bond donors (Lipinski definition) is 0. The minimum absolute atomic E-state index is 0.0711. The number of halogens is 3. The van der Waals surface area contributed by atoms with E-state index in [4.69, 9.17) is 0 Å². The Morgan fingerprint density at radius 3 is 2.00 bits per heavy atom. The standard InChI is InChI=1S/C18H19F3N2O4S2/c1-28(24,25)16-6-3-7-17(13-16)29(26,27)23-10-8-22(9-11-23)15-5-2-4-14(12-15)18(19,20)21/h2-7,12-13H,8-11H2,1H3. The Labute approximate surface area is 167 Å². The summed E-state index contributed by atoms with van der Waals surface area (Å²) in [5.41, 5.74) is -0.390. The first kappa shape index (κ1) is 21.6. The van der Waals surface area contributed by atoms with Gasteiger partial charge in [0.05, 0.1) is 15.4 Å². The van der Waals surface area contributed by atoms with E-state index in [2.05, 4.69) is 0 Å². The van der Waals surface area contributed by atoms with Gasteiger partial charge in [0.15, 0.2) is 9.84 Å². The van der Waals surface area contributed by atoms with Crippen LogP contribution in [0.5, 0.6) is 0 Å². The molecule has 0 atom stereocenters. The zero-order valence-electron chi connectivity index (χ0n) is 15.4. The van der Waals surface area contributed by atoms with Crippen LogP contribution in [0.25, 0.3) is 0 Å². The van der Waals surface area contributed by atoms with Crippen molar-refractivity contribution in [1.29, 1.82) is 0 Å². The Balaban J connectivity index is 1.77. The maximum atomic E-state index is 12.9. The Bertz CT molecular complexity index is 1110. The lowest BCUT2D eigenvalue weighted by molar-refractivity contribution is -0.137. The van der Waals surface area contributed by atoms with Gasteiger partial charge in [-0.1, -0.05) is 12.1 Å². The topological polar surface area (TPSA) is 74.8 Å². The Kier molecular flexibility index (Phi) is 5.67. The van der Waals surface area contributed by atoms with Crippen molar-refractivity contribution >= 4 is 25.5 Å². The van der Waals surface area contributed by atoms with Gasteiger partial charge >= 0.3 is 6.18 Å². The van der Waals surface area contributed by atoms with Crippen LogP contribution in [-0.2, 0) is 26.0 Å². The number of sulfone groups is 1. The number of rotatable bonds is 4. The lowest BCUT2D eigenvalue weighted by atomic mass is 10.1. The van der Waals surface area contributed by atoms with Gasteiger partial charge in [0.2, 0.25) is 10.0 Å². The molecule has 0 unspecified atom stereocenters. The summed E-state index contributed by atoms with van der Waals surface area (Å²) < 4.78 is 89.0. The van der Waals surface area contributed by atoms with Gasteiger partial charge in [-0.3, -0.25) is 0 Å². The van der Waals surface area contributed by atoms with E-state index in [1.807, 2.05) is 0 Å². The fourth-order valence-corrected chi connectivity index (χ4v) is 5.29. The molecule has 0 N–H and O–H groups in total. The van der Waals surface area contributed by atoms with E-state index < -0.39 is 31.6 Å². The van der Waals surface area contributed by atoms with Crippen LogP contribution in [0.4, 0.5) is 18.9 Å². The number of benzene rings is 2. The Morgan fingerprint density at radius 1 is 0.828 bits per heavy atom. The van der Waals surface area contributed by atoms with Crippen molar-refractivity contribution in [2.75, 3.05) is 37.3 Å². The van der Waals surface area contributed by atoms with E-state index in [0.29, 0.717) is 5.69 Å². The lowest BCUT2D eigenvalue weighted by Gasteiger charge is -2.35. The average molecular weight is 448 g/mol. The molecule has 1 fully saturated rings. The number of nitrogens with zero attached hydrogens (tertiary/aromatic N) is 2. The average Bonchev–Trinajstić information content (AvgIpc) is 2.67. The second-order valence-corrected chi connectivity index (χ2v) is 10.6. The Hall–Kier alpha value is -2.11. The molecule has 0 spiro atoms. The monoisotopic (exact) mass is 448 g/mol. The molecular weight excluding hydrogens is 429 g/mol. The third-order valence-electron chi connectivity index (χ3n) is 4.65. The van der Waals surface area contributed by atoms with E-state index >= 15 is 0 Å². The van der Waals surface area contributed by atoms with Crippen molar-refractivity contribution in [3.63, 3.8) is 0 Å².